The van der Waals surface area contributed by atoms with Crippen molar-refractivity contribution in [2.45, 2.75) is 38.6 Å². The zero-order valence-corrected chi connectivity index (χ0v) is 12.2. The van der Waals surface area contributed by atoms with Crippen LogP contribution in [0.2, 0.25) is 0 Å². The molecule has 1 atom stereocenters. The molecule has 0 fully saturated rings. The molecular formula is C14H20N2O5. The second kappa shape index (κ2) is 7.03. The van der Waals surface area contributed by atoms with Gasteiger partial charge in [0, 0.05) is 6.07 Å². The van der Waals surface area contributed by atoms with Crippen LogP contribution in [0.15, 0.2) is 18.2 Å². The number of ether oxygens (including phenoxy) is 1. The van der Waals surface area contributed by atoms with E-state index in [9.17, 15) is 14.9 Å². The van der Waals surface area contributed by atoms with Crippen molar-refractivity contribution in [1.82, 2.24) is 0 Å². The first-order chi connectivity index (χ1) is 9.75. The van der Waals surface area contributed by atoms with Crippen LogP contribution in [-0.2, 0) is 4.79 Å². The summed E-state index contributed by atoms with van der Waals surface area (Å²) in [6.07, 6.45) is 1.46. The van der Waals surface area contributed by atoms with Crippen LogP contribution in [0.1, 0.15) is 31.7 Å². The number of para-hydroxylation sites is 1. The number of nitrogens with zero attached hydrogens (tertiary/aromatic N) is 1. The molecule has 0 radical (unpaired) electrons. The van der Waals surface area contributed by atoms with Crippen LogP contribution in [0.25, 0.3) is 0 Å². The first-order valence-corrected chi connectivity index (χ1v) is 6.65. The van der Waals surface area contributed by atoms with E-state index in [0.29, 0.717) is 24.8 Å². The molecule has 1 aromatic carbocycles. The monoisotopic (exact) mass is 296 g/mol. The Morgan fingerprint density at radius 3 is 2.71 bits per heavy atom. The van der Waals surface area contributed by atoms with Gasteiger partial charge in [0.1, 0.15) is 5.54 Å². The van der Waals surface area contributed by atoms with Gasteiger partial charge < -0.3 is 15.6 Å². The Balaban J connectivity index is 2.51. The summed E-state index contributed by atoms with van der Waals surface area (Å²) >= 11 is 0. The number of carbonyl (C=O) groups is 1. The number of nitro benzene ring substituents is 1. The average molecular weight is 296 g/mol. The maximum absolute atomic E-state index is 10.9. The number of rotatable bonds is 8. The van der Waals surface area contributed by atoms with E-state index in [4.69, 9.17) is 15.6 Å². The molecule has 7 nitrogen and oxygen atoms in total. The second-order valence-electron chi connectivity index (χ2n) is 5.21. The van der Waals surface area contributed by atoms with Gasteiger partial charge in [0.25, 0.3) is 0 Å². The van der Waals surface area contributed by atoms with E-state index >= 15 is 0 Å². The number of aliphatic carboxylic acids is 1. The van der Waals surface area contributed by atoms with E-state index in [1.807, 2.05) is 0 Å². The Morgan fingerprint density at radius 2 is 2.14 bits per heavy atom. The third-order valence-corrected chi connectivity index (χ3v) is 3.21. The molecule has 21 heavy (non-hydrogen) atoms. The molecule has 0 aliphatic carbocycles. The number of hydrogen-bond acceptors (Lipinski definition) is 5. The molecule has 0 bridgehead atoms. The Morgan fingerprint density at radius 1 is 1.48 bits per heavy atom. The van der Waals surface area contributed by atoms with E-state index in [1.165, 1.54) is 13.0 Å². The Bertz CT molecular complexity index is 528. The molecular weight excluding hydrogens is 276 g/mol. The van der Waals surface area contributed by atoms with Crippen molar-refractivity contribution < 1.29 is 19.6 Å². The Kier molecular flexibility index (Phi) is 5.66. The number of nitro groups is 1. The van der Waals surface area contributed by atoms with E-state index < -0.39 is 16.4 Å². The number of hydrogen-bond donors (Lipinski definition) is 2. The van der Waals surface area contributed by atoms with Gasteiger partial charge >= 0.3 is 11.7 Å². The predicted octanol–water partition coefficient (Wildman–Crippen LogP) is 2.25. The molecule has 0 aliphatic heterocycles. The Labute approximate surface area is 122 Å². The lowest BCUT2D eigenvalue weighted by atomic mass is 9.97. The van der Waals surface area contributed by atoms with Gasteiger partial charge in [-0.15, -0.1) is 0 Å². The lowest BCUT2D eigenvalue weighted by Gasteiger charge is -2.18. The van der Waals surface area contributed by atoms with E-state index in [0.717, 1.165) is 0 Å². The molecule has 1 unspecified atom stereocenters. The van der Waals surface area contributed by atoms with Crippen molar-refractivity contribution in [1.29, 1.82) is 0 Å². The molecule has 0 spiro atoms. The maximum Gasteiger partial charge on any atom is 0.323 e. The zero-order valence-electron chi connectivity index (χ0n) is 12.2. The molecule has 116 valence electrons. The summed E-state index contributed by atoms with van der Waals surface area (Å²) in [5.74, 6) is -0.783. The van der Waals surface area contributed by atoms with Gasteiger partial charge in [-0.3, -0.25) is 14.9 Å². The minimum absolute atomic E-state index is 0.0656. The summed E-state index contributed by atoms with van der Waals surface area (Å²) in [5, 5.41) is 19.8. The highest BCUT2D eigenvalue weighted by atomic mass is 16.6. The molecule has 3 N–H and O–H groups in total. The number of aryl methyl sites for hydroxylation is 1. The molecule has 7 heteroatoms. The van der Waals surface area contributed by atoms with Crippen LogP contribution in [0.3, 0.4) is 0 Å². The van der Waals surface area contributed by atoms with Crippen molar-refractivity contribution in [3.63, 3.8) is 0 Å². The Hall–Kier alpha value is -2.15. The molecule has 0 saturated carbocycles. The summed E-state index contributed by atoms with van der Waals surface area (Å²) in [6, 6.07) is 4.74. The number of benzene rings is 1. The van der Waals surface area contributed by atoms with Gasteiger partial charge in [-0.05, 0) is 38.7 Å². The summed E-state index contributed by atoms with van der Waals surface area (Å²) in [5.41, 5.74) is 4.98. The number of carboxylic acids is 1. The molecule has 0 saturated heterocycles. The maximum atomic E-state index is 10.9. The summed E-state index contributed by atoms with van der Waals surface area (Å²) in [6.45, 7) is 3.48. The summed E-state index contributed by atoms with van der Waals surface area (Å²) in [4.78, 5) is 21.3. The highest BCUT2D eigenvalue weighted by Gasteiger charge is 2.26. The first kappa shape index (κ1) is 16.9. The van der Waals surface area contributed by atoms with Crippen LogP contribution in [0.4, 0.5) is 5.69 Å². The highest BCUT2D eigenvalue weighted by molar-refractivity contribution is 5.77. The van der Waals surface area contributed by atoms with Crippen molar-refractivity contribution >= 4 is 11.7 Å². The number of unbranched alkanes of at least 4 members (excludes halogenated alkanes) is 1. The molecule has 0 heterocycles. The van der Waals surface area contributed by atoms with E-state index in [-0.39, 0.29) is 18.0 Å². The third kappa shape index (κ3) is 4.71. The van der Waals surface area contributed by atoms with E-state index in [2.05, 4.69) is 0 Å². The van der Waals surface area contributed by atoms with Gasteiger partial charge in [0.2, 0.25) is 0 Å². The van der Waals surface area contributed by atoms with Crippen molar-refractivity contribution in [2.24, 2.45) is 5.73 Å². The summed E-state index contributed by atoms with van der Waals surface area (Å²) < 4.78 is 5.47. The molecule has 0 aromatic heterocycles. The fraction of sp³-hybridized carbons (Fsp3) is 0.500. The largest absolute Gasteiger partial charge is 0.487 e. The lowest BCUT2D eigenvalue weighted by molar-refractivity contribution is -0.385. The smallest absolute Gasteiger partial charge is 0.323 e. The van der Waals surface area contributed by atoms with E-state index in [1.54, 1.807) is 19.1 Å². The predicted molar refractivity (Wildman–Crippen MR) is 77.4 cm³/mol. The minimum Gasteiger partial charge on any atom is -0.487 e. The van der Waals surface area contributed by atoms with Gasteiger partial charge in [-0.2, -0.15) is 0 Å². The zero-order chi connectivity index (χ0) is 16.0. The van der Waals surface area contributed by atoms with Gasteiger partial charge in [0.05, 0.1) is 11.5 Å². The molecule has 0 amide bonds. The van der Waals surface area contributed by atoms with Crippen molar-refractivity contribution in [3.8, 4) is 5.75 Å². The fourth-order valence-electron chi connectivity index (χ4n) is 1.84. The second-order valence-corrected chi connectivity index (χ2v) is 5.21. The minimum atomic E-state index is -1.26. The van der Waals surface area contributed by atoms with Crippen LogP contribution < -0.4 is 10.5 Å². The van der Waals surface area contributed by atoms with Gasteiger partial charge in [-0.25, -0.2) is 0 Å². The lowest BCUT2D eigenvalue weighted by Crippen LogP contribution is -2.44. The highest BCUT2D eigenvalue weighted by Crippen LogP contribution is 2.30. The topological polar surface area (TPSA) is 116 Å². The first-order valence-electron chi connectivity index (χ1n) is 6.65. The van der Waals surface area contributed by atoms with Crippen LogP contribution in [0, 0.1) is 17.0 Å². The fourth-order valence-corrected chi connectivity index (χ4v) is 1.84. The van der Waals surface area contributed by atoms with Crippen LogP contribution in [0.5, 0.6) is 5.75 Å². The third-order valence-electron chi connectivity index (χ3n) is 3.21. The molecule has 1 rings (SSSR count). The molecule has 0 aliphatic rings. The van der Waals surface area contributed by atoms with Crippen molar-refractivity contribution in [3.05, 3.63) is 33.9 Å². The van der Waals surface area contributed by atoms with Crippen LogP contribution in [-0.4, -0.2) is 28.1 Å². The standard InChI is InChI=1S/C14H20N2O5/c1-10-6-5-7-11(16(19)20)12(10)21-9-4-3-8-14(2,15)13(17)18/h5-7H,3-4,8-9,15H2,1-2H3,(H,17,18). The SMILES string of the molecule is Cc1cccc([N+](=O)[O-])c1OCCCCC(C)(N)C(=O)O. The summed E-state index contributed by atoms with van der Waals surface area (Å²) in [7, 11) is 0. The normalized spacial score (nSPS) is 13.5. The molecule has 1 aromatic rings. The quantitative estimate of drug-likeness (QED) is 0.432. The van der Waals surface area contributed by atoms with Crippen LogP contribution >= 0.6 is 0 Å². The average Bonchev–Trinajstić information content (AvgIpc) is 2.39. The van der Waals surface area contributed by atoms with Crippen molar-refractivity contribution in [2.75, 3.05) is 6.61 Å². The number of carboxylic acid groups (broad SMARTS) is 1. The van der Waals surface area contributed by atoms with Gasteiger partial charge in [0.15, 0.2) is 5.75 Å². The van der Waals surface area contributed by atoms with Gasteiger partial charge in [-0.1, -0.05) is 12.1 Å². The number of nitrogens with two attached hydrogens (primary N) is 1.